The minimum Gasteiger partial charge on any atom is -0.456 e. The summed E-state index contributed by atoms with van der Waals surface area (Å²) in [6.45, 7) is 0. The molecule has 0 saturated heterocycles. The zero-order valence-corrected chi connectivity index (χ0v) is 76.7. The first-order chi connectivity index (χ1) is 69.9. The van der Waals surface area contributed by atoms with Crippen molar-refractivity contribution in [1.82, 2.24) is 0 Å². The van der Waals surface area contributed by atoms with Crippen molar-refractivity contribution in [3.63, 3.8) is 0 Å². The largest absolute Gasteiger partial charge is 0.456 e. The third kappa shape index (κ3) is 13.4. The average molecular weight is 1790 g/mol. The highest BCUT2D eigenvalue weighted by atomic mass is 16.3. The van der Waals surface area contributed by atoms with Crippen LogP contribution >= 0.6 is 0 Å². The van der Waals surface area contributed by atoms with Crippen LogP contribution in [0.15, 0.2) is 523 Å². The summed E-state index contributed by atoms with van der Waals surface area (Å²) in [6, 6.07) is 185. The van der Waals surface area contributed by atoms with Gasteiger partial charge in [-0.25, -0.2) is 0 Å². The van der Waals surface area contributed by atoms with E-state index in [-0.39, 0.29) is 0 Å². The molecule has 30 rings (SSSR count). The van der Waals surface area contributed by atoms with E-state index in [1.54, 1.807) is 0 Å². The van der Waals surface area contributed by atoms with Gasteiger partial charge in [0.25, 0.3) is 0 Å². The minimum absolute atomic E-state index is 0.912. The fourth-order valence-corrected chi connectivity index (χ4v) is 23.3. The summed E-state index contributed by atoms with van der Waals surface area (Å²) in [5.41, 5.74) is 27.7. The third-order valence-corrected chi connectivity index (χ3v) is 29.5. The van der Waals surface area contributed by atoms with Gasteiger partial charge in [0, 0.05) is 32.3 Å². The molecular weight excluding hydrogens is 1710 g/mol. The summed E-state index contributed by atoms with van der Waals surface area (Å²) in [5.74, 6) is 0. The maximum Gasteiger partial charge on any atom is 0.136 e. The maximum absolute atomic E-state index is 6.39. The number of rotatable bonds is 9. The molecule has 0 amide bonds. The molecule has 141 heavy (non-hydrogen) atoms. The van der Waals surface area contributed by atoms with E-state index >= 15 is 0 Å². The normalized spacial score (nSPS) is 11.8. The molecule has 0 bridgehead atoms. The molecule has 0 radical (unpaired) electrons. The molecule has 0 unspecified atom stereocenters. The van der Waals surface area contributed by atoms with E-state index in [1.165, 1.54) is 246 Å². The molecule has 3 aromatic heterocycles. The minimum atomic E-state index is 0.912. The number of furan rings is 3. The fourth-order valence-electron chi connectivity index (χ4n) is 23.3. The molecule has 27 aromatic carbocycles. The van der Waals surface area contributed by atoms with Gasteiger partial charge in [0.1, 0.15) is 33.5 Å². The molecule has 0 spiro atoms. The highest BCUT2D eigenvalue weighted by molar-refractivity contribution is 6.29. The summed E-state index contributed by atoms with van der Waals surface area (Å²) in [7, 11) is 0. The molecule has 0 atom stereocenters. The zero-order chi connectivity index (χ0) is 92.7. The first-order valence-electron chi connectivity index (χ1n) is 48.5. The first-order valence-corrected chi connectivity index (χ1v) is 48.5. The summed E-state index contributed by atoms with van der Waals surface area (Å²) >= 11 is 0. The topological polar surface area (TPSA) is 39.4 Å². The quantitative estimate of drug-likeness (QED) is 0.135. The van der Waals surface area contributed by atoms with Crippen LogP contribution in [0.4, 0.5) is 0 Å². The van der Waals surface area contributed by atoms with Gasteiger partial charge in [-0.05, 0) is 296 Å². The molecule has 3 heteroatoms. The van der Waals surface area contributed by atoms with Crippen molar-refractivity contribution in [2.75, 3.05) is 0 Å². The second-order valence-corrected chi connectivity index (χ2v) is 37.3. The Labute approximate surface area is 812 Å². The molecule has 30 aromatic rings. The summed E-state index contributed by atoms with van der Waals surface area (Å²) in [5, 5.41) is 36.8. The lowest BCUT2D eigenvalue weighted by Crippen LogP contribution is -1.92. The van der Waals surface area contributed by atoms with Crippen molar-refractivity contribution < 1.29 is 13.3 Å². The second kappa shape index (κ2) is 33.2. The number of benzene rings is 27. The maximum atomic E-state index is 6.39. The number of hydrogen-bond donors (Lipinski definition) is 0. The van der Waals surface area contributed by atoms with Crippen LogP contribution < -0.4 is 0 Å². The van der Waals surface area contributed by atoms with E-state index in [2.05, 4.69) is 510 Å². The summed E-state index contributed by atoms with van der Waals surface area (Å²) in [6.07, 6.45) is 0. The molecule has 0 aliphatic rings. The van der Waals surface area contributed by atoms with Crippen molar-refractivity contribution >= 4 is 195 Å². The Balaban J connectivity index is 0.000000104. The lowest BCUT2D eigenvalue weighted by atomic mass is 9.83. The second-order valence-electron chi connectivity index (χ2n) is 37.3. The van der Waals surface area contributed by atoms with Crippen LogP contribution in [-0.4, -0.2) is 0 Å². The van der Waals surface area contributed by atoms with Crippen LogP contribution in [0, 0.1) is 0 Å². The van der Waals surface area contributed by atoms with E-state index < -0.39 is 0 Å². The van der Waals surface area contributed by atoms with E-state index in [0.29, 0.717) is 0 Å². The van der Waals surface area contributed by atoms with Crippen LogP contribution in [0.1, 0.15) is 0 Å². The Hall–Kier alpha value is -18.5. The van der Waals surface area contributed by atoms with E-state index in [9.17, 15) is 0 Å². The van der Waals surface area contributed by atoms with Crippen molar-refractivity contribution in [3.8, 4) is 100 Å². The van der Waals surface area contributed by atoms with Crippen LogP contribution in [0.25, 0.3) is 295 Å². The highest BCUT2D eigenvalue weighted by Gasteiger charge is 2.26. The average Bonchev–Trinajstić information content (AvgIpc) is 1.72. The van der Waals surface area contributed by atoms with Gasteiger partial charge >= 0.3 is 0 Å². The van der Waals surface area contributed by atoms with Crippen LogP contribution in [-0.2, 0) is 0 Å². The van der Waals surface area contributed by atoms with Crippen molar-refractivity contribution in [2.45, 2.75) is 0 Å². The Morgan fingerprint density at radius 2 is 0.326 bits per heavy atom. The van der Waals surface area contributed by atoms with Gasteiger partial charge in [-0.1, -0.05) is 443 Å². The molecule has 3 nitrogen and oxygen atoms in total. The van der Waals surface area contributed by atoms with Crippen LogP contribution in [0.2, 0.25) is 0 Å². The molecule has 0 saturated carbocycles. The van der Waals surface area contributed by atoms with Crippen LogP contribution in [0.5, 0.6) is 0 Å². The molecule has 654 valence electrons. The lowest BCUT2D eigenvalue weighted by molar-refractivity contribution is 0.669. The molecule has 0 aliphatic carbocycles. The number of hydrogen-bond acceptors (Lipinski definition) is 3. The fraction of sp³-hybridized carbons (Fsp3) is 0. The highest BCUT2D eigenvalue weighted by Crippen LogP contribution is 2.53. The van der Waals surface area contributed by atoms with Gasteiger partial charge in [-0.15, -0.1) is 0 Å². The predicted molar refractivity (Wildman–Crippen MR) is 600 cm³/mol. The molecule has 0 aliphatic heterocycles. The summed E-state index contributed by atoms with van der Waals surface area (Å²) in [4.78, 5) is 0. The van der Waals surface area contributed by atoms with Crippen LogP contribution in [0.3, 0.4) is 0 Å². The lowest BCUT2D eigenvalue weighted by Gasteiger charge is -2.20. The standard InChI is InChI=1S/3C46H28O/c1-3-16-34-29(11-1)13-10-22-35(34)31-14-9-15-32(27-31)44-37-18-5-7-20-39(37)45(40-21-8-6-19-38(40)44)33-24-25-42-41(28-33)46-36-17-4-2-12-30(36)23-26-43(46)47-42;1-3-13-34-29(10-1)12-9-19-35(34)31-20-22-32(23-21-31)44-37-15-5-7-17-39(37)45(40-18-8-6-16-38(40)44)33-25-26-42-41(28-33)46-36-14-4-2-11-30(36)24-27-43(46)47-42;1-2-13-31-27-32(22-21-29(31)11-1)34-14-5-6-16-36(34)45-39-19-9-7-17-37(39)44(38-18-8-10-20-40(38)45)33-24-25-42-41(28-33)46-35-15-4-3-12-30(35)23-26-43(46)47-42/h3*1-28H. The van der Waals surface area contributed by atoms with Gasteiger partial charge < -0.3 is 13.3 Å². The van der Waals surface area contributed by atoms with E-state index in [0.717, 1.165) is 49.7 Å². The van der Waals surface area contributed by atoms with Crippen molar-refractivity contribution in [2.24, 2.45) is 0 Å². The van der Waals surface area contributed by atoms with Crippen molar-refractivity contribution in [1.29, 1.82) is 0 Å². The van der Waals surface area contributed by atoms with Crippen molar-refractivity contribution in [3.05, 3.63) is 510 Å². The predicted octanol–water partition coefficient (Wildman–Crippen LogP) is 39.6. The number of fused-ring (bicyclic) bond motifs is 24. The molecule has 0 N–H and O–H groups in total. The first kappa shape index (κ1) is 80.9. The van der Waals surface area contributed by atoms with Gasteiger partial charge in [-0.2, -0.15) is 0 Å². The Morgan fingerprint density at radius 1 is 0.0993 bits per heavy atom. The zero-order valence-electron chi connectivity index (χ0n) is 76.7. The van der Waals surface area contributed by atoms with Gasteiger partial charge in [0.05, 0.1) is 0 Å². The van der Waals surface area contributed by atoms with Gasteiger partial charge in [-0.3, -0.25) is 0 Å². The molecular formula is C138H84O3. The third-order valence-electron chi connectivity index (χ3n) is 29.5. The Morgan fingerprint density at radius 3 is 0.709 bits per heavy atom. The Kier molecular flexibility index (Phi) is 19.0. The van der Waals surface area contributed by atoms with Gasteiger partial charge in [0.15, 0.2) is 0 Å². The SMILES string of the molecule is c1cc(-c2cccc3ccccc23)cc(-c2c3ccccc3c(-c3ccc4oc5ccc6ccccc6c5c4c3)c3ccccc23)c1.c1ccc(-c2c3ccccc3c(-c3ccc4oc5ccc6ccccc6c5c4c3)c3ccccc23)c(-c2ccc3ccccc3c2)c1.c1ccc2c(-c3ccc(-c4c5ccccc5c(-c5ccc6oc7ccc8ccccc8c7c6c5)c5ccccc45)cc3)cccc2c1. The summed E-state index contributed by atoms with van der Waals surface area (Å²) < 4.78 is 19.1. The molecule has 0 fully saturated rings. The molecule has 3 heterocycles. The van der Waals surface area contributed by atoms with Gasteiger partial charge in [0.2, 0.25) is 0 Å². The smallest absolute Gasteiger partial charge is 0.136 e. The van der Waals surface area contributed by atoms with E-state index in [1.807, 2.05) is 0 Å². The Bertz CT molecular complexity index is 10200. The van der Waals surface area contributed by atoms with E-state index in [4.69, 9.17) is 13.3 Å². The monoisotopic (exact) mass is 1790 g/mol.